The molecule has 2 rings (SSSR count). The fourth-order valence-electron chi connectivity index (χ4n) is 2.12. The number of nitrogens with one attached hydrogen (secondary N) is 1. The lowest BCUT2D eigenvalue weighted by atomic mass is 10.1. The van der Waals surface area contributed by atoms with Crippen LogP contribution in [0.25, 0.3) is 0 Å². The Labute approximate surface area is 117 Å². The number of hydrogen-bond acceptors (Lipinski definition) is 2. The Balaban J connectivity index is 1.93. The largest absolute Gasteiger partial charge is 0.369 e. The molecule has 1 saturated heterocycles. The average molecular weight is 285 g/mol. The van der Waals surface area contributed by atoms with E-state index < -0.39 is 11.6 Å². The third-order valence-electron chi connectivity index (χ3n) is 3.26. The van der Waals surface area contributed by atoms with E-state index in [9.17, 15) is 9.18 Å². The molecule has 0 aromatic heterocycles. The number of hydrogen-bond donors (Lipinski definition) is 1. The van der Waals surface area contributed by atoms with E-state index in [1.807, 2.05) is 24.3 Å². The summed E-state index contributed by atoms with van der Waals surface area (Å²) in [4.78, 5) is 13.7. The maximum Gasteiger partial charge on any atom is 0.257 e. The van der Waals surface area contributed by atoms with Gasteiger partial charge in [0.05, 0.1) is 0 Å². The van der Waals surface area contributed by atoms with Gasteiger partial charge in [0.1, 0.15) is 0 Å². The van der Waals surface area contributed by atoms with E-state index in [1.54, 1.807) is 0 Å². The molecule has 1 aliphatic rings. The quantitative estimate of drug-likeness (QED) is 0.926. The van der Waals surface area contributed by atoms with Gasteiger partial charge < -0.3 is 10.2 Å². The second kappa shape index (κ2) is 5.37. The Kier molecular flexibility index (Phi) is 3.99. The number of halogens is 2. The molecule has 1 aliphatic heterocycles. The predicted molar refractivity (Wildman–Crippen MR) is 75.4 cm³/mol. The van der Waals surface area contributed by atoms with Crippen molar-refractivity contribution >= 4 is 23.2 Å². The molecule has 0 spiro atoms. The van der Waals surface area contributed by atoms with Gasteiger partial charge in [-0.3, -0.25) is 4.79 Å². The number of alkyl halides is 1. The summed E-state index contributed by atoms with van der Waals surface area (Å²) >= 11 is 5.85. The second-order valence-corrected chi connectivity index (χ2v) is 5.79. The fourth-order valence-corrected chi connectivity index (χ4v) is 2.25. The summed E-state index contributed by atoms with van der Waals surface area (Å²) in [5, 5.41) is 3.45. The summed E-state index contributed by atoms with van der Waals surface area (Å²) in [5.41, 5.74) is -0.756. The summed E-state index contributed by atoms with van der Waals surface area (Å²) in [6.07, 6.45) is 0.824. The van der Waals surface area contributed by atoms with Crippen LogP contribution >= 0.6 is 11.6 Å². The van der Waals surface area contributed by atoms with Crippen LogP contribution in [-0.4, -0.2) is 30.7 Å². The van der Waals surface area contributed by atoms with Crippen LogP contribution in [0.3, 0.4) is 0 Å². The van der Waals surface area contributed by atoms with Crippen molar-refractivity contribution in [2.75, 3.05) is 18.0 Å². The SMILES string of the molecule is CC(C)(F)C(=O)NC1CCN(c2ccc(Cl)cc2)C1. The molecule has 0 saturated carbocycles. The summed E-state index contributed by atoms with van der Waals surface area (Å²) in [7, 11) is 0. The molecular formula is C14H18ClFN2O. The molecule has 5 heteroatoms. The number of benzene rings is 1. The summed E-state index contributed by atoms with van der Waals surface area (Å²) in [5.74, 6) is -0.546. The first kappa shape index (κ1) is 14.1. The molecule has 1 N–H and O–H groups in total. The van der Waals surface area contributed by atoms with Crippen molar-refractivity contribution in [2.24, 2.45) is 0 Å². The monoisotopic (exact) mass is 284 g/mol. The van der Waals surface area contributed by atoms with E-state index >= 15 is 0 Å². The molecule has 104 valence electrons. The van der Waals surface area contributed by atoms with E-state index in [4.69, 9.17) is 11.6 Å². The van der Waals surface area contributed by atoms with E-state index in [2.05, 4.69) is 10.2 Å². The smallest absolute Gasteiger partial charge is 0.257 e. The minimum atomic E-state index is -1.83. The van der Waals surface area contributed by atoms with E-state index in [1.165, 1.54) is 13.8 Å². The maximum absolute atomic E-state index is 13.5. The van der Waals surface area contributed by atoms with Gasteiger partial charge in [0.2, 0.25) is 0 Å². The first-order valence-corrected chi connectivity index (χ1v) is 6.74. The molecule has 19 heavy (non-hydrogen) atoms. The van der Waals surface area contributed by atoms with Crippen molar-refractivity contribution in [3.63, 3.8) is 0 Å². The van der Waals surface area contributed by atoms with Crippen LogP contribution in [0.5, 0.6) is 0 Å². The summed E-state index contributed by atoms with van der Waals surface area (Å²) in [6.45, 7) is 4.09. The van der Waals surface area contributed by atoms with Gasteiger partial charge in [0, 0.05) is 29.8 Å². The van der Waals surface area contributed by atoms with Gasteiger partial charge in [-0.2, -0.15) is 0 Å². The lowest BCUT2D eigenvalue weighted by molar-refractivity contribution is -0.131. The molecule has 0 aliphatic carbocycles. The van der Waals surface area contributed by atoms with Crippen LogP contribution in [0.15, 0.2) is 24.3 Å². The van der Waals surface area contributed by atoms with Crippen LogP contribution in [0.2, 0.25) is 5.02 Å². The highest BCUT2D eigenvalue weighted by atomic mass is 35.5. The van der Waals surface area contributed by atoms with Gasteiger partial charge in [-0.05, 0) is 44.5 Å². The number of carbonyl (C=O) groups is 1. The standard InChI is InChI=1S/C14H18ClFN2O/c1-14(2,16)13(19)17-11-7-8-18(9-11)12-5-3-10(15)4-6-12/h3-6,11H,7-9H2,1-2H3,(H,17,19). The third-order valence-corrected chi connectivity index (χ3v) is 3.51. The van der Waals surface area contributed by atoms with Gasteiger partial charge in [-0.15, -0.1) is 0 Å². The molecular weight excluding hydrogens is 267 g/mol. The van der Waals surface area contributed by atoms with Gasteiger partial charge in [-0.25, -0.2) is 4.39 Å². The highest BCUT2D eigenvalue weighted by Crippen LogP contribution is 2.22. The third kappa shape index (κ3) is 3.60. The van der Waals surface area contributed by atoms with Gasteiger partial charge >= 0.3 is 0 Å². The van der Waals surface area contributed by atoms with Crippen molar-refractivity contribution in [1.82, 2.24) is 5.32 Å². The molecule has 1 fully saturated rings. The van der Waals surface area contributed by atoms with Gasteiger partial charge in [0.25, 0.3) is 5.91 Å². The van der Waals surface area contributed by atoms with Crippen LogP contribution in [-0.2, 0) is 4.79 Å². The van der Waals surface area contributed by atoms with Crippen LogP contribution in [0, 0.1) is 0 Å². The highest BCUT2D eigenvalue weighted by Gasteiger charge is 2.31. The Morgan fingerprint density at radius 1 is 1.42 bits per heavy atom. The molecule has 1 amide bonds. The number of carbonyl (C=O) groups excluding carboxylic acids is 1. The number of rotatable bonds is 3. The number of anilines is 1. The van der Waals surface area contributed by atoms with E-state index in [0.717, 1.165) is 18.7 Å². The van der Waals surface area contributed by atoms with Crippen LogP contribution in [0.4, 0.5) is 10.1 Å². The molecule has 1 unspecified atom stereocenters. The topological polar surface area (TPSA) is 32.3 Å². The summed E-state index contributed by atoms with van der Waals surface area (Å²) in [6, 6.07) is 7.58. The highest BCUT2D eigenvalue weighted by molar-refractivity contribution is 6.30. The van der Waals surface area contributed by atoms with Crippen molar-refractivity contribution in [3.8, 4) is 0 Å². The Bertz CT molecular complexity index is 456. The molecule has 1 heterocycles. The van der Waals surface area contributed by atoms with E-state index in [-0.39, 0.29) is 6.04 Å². The minimum absolute atomic E-state index is 0.00166. The molecule has 3 nitrogen and oxygen atoms in total. The normalized spacial score (nSPS) is 19.6. The number of amides is 1. The average Bonchev–Trinajstić information content (AvgIpc) is 2.77. The number of nitrogens with zero attached hydrogens (tertiary/aromatic N) is 1. The van der Waals surface area contributed by atoms with Crippen molar-refractivity contribution in [3.05, 3.63) is 29.3 Å². The molecule has 0 bridgehead atoms. The van der Waals surface area contributed by atoms with E-state index in [0.29, 0.717) is 11.6 Å². The van der Waals surface area contributed by atoms with Crippen molar-refractivity contribution < 1.29 is 9.18 Å². The van der Waals surface area contributed by atoms with Crippen molar-refractivity contribution in [2.45, 2.75) is 32.0 Å². The Hall–Kier alpha value is -1.29. The van der Waals surface area contributed by atoms with Crippen LogP contribution in [0.1, 0.15) is 20.3 Å². The zero-order valence-electron chi connectivity index (χ0n) is 11.1. The second-order valence-electron chi connectivity index (χ2n) is 5.35. The molecule has 1 aromatic carbocycles. The van der Waals surface area contributed by atoms with Gasteiger partial charge in [-0.1, -0.05) is 11.6 Å². The first-order chi connectivity index (χ1) is 8.86. The fraction of sp³-hybridized carbons (Fsp3) is 0.500. The summed E-state index contributed by atoms with van der Waals surface area (Å²) < 4.78 is 13.5. The van der Waals surface area contributed by atoms with Crippen molar-refractivity contribution in [1.29, 1.82) is 0 Å². The first-order valence-electron chi connectivity index (χ1n) is 6.36. The molecule has 1 atom stereocenters. The van der Waals surface area contributed by atoms with Gasteiger partial charge in [0.15, 0.2) is 5.67 Å². The van der Waals surface area contributed by atoms with Crippen LogP contribution < -0.4 is 10.2 Å². The Morgan fingerprint density at radius 2 is 2.05 bits per heavy atom. The lowest BCUT2D eigenvalue weighted by Crippen LogP contribution is -2.45. The lowest BCUT2D eigenvalue weighted by Gasteiger charge is -2.21. The predicted octanol–water partition coefficient (Wildman–Crippen LogP) is 2.78. The molecule has 0 radical (unpaired) electrons. The molecule has 1 aromatic rings. The zero-order chi connectivity index (χ0) is 14.0. The zero-order valence-corrected chi connectivity index (χ0v) is 11.9. The maximum atomic E-state index is 13.5. The minimum Gasteiger partial charge on any atom is -0.369 e. The Morgan fingerprint density at radius 3 is 2.63 bits per heavy atom.